The highest BCUT2D eigenvalue weighted by Gasteiger charge is 2.11. The van der Waals surface area contributed by atoms with E-state index in [4.69, 9.17) is 17.3 Å². The van der Waals surface area contributed by atoms with Crippen molar-refractivity contribution >= 4 is 27.5 Å². The molecule has 3 heteroatoms. The molecule has 2 aromatic rings. The number of benzene rings is 2. The van der Waals surface area contributed by atoms with E-state index in [1.807, 2.05) is 18.2 Å². The van der Waals surface area contributed by atoms with Gasteiger partial charge in [-0.05, 0) is 36.6 Å². The van der Waals surface area contributed by atoms with E-state index in [0.29, 0.717) is 5.02 Å². The molecule has 0 radical (unpaired) electrons. The van der Waals surface area contributed by atoms with Gasteiger partial charge in [0.1, 0.15) is 0 Å². The summed E-state index contributed by atoms with van der Waals surface area (Å²) in [6.07, 6.45) is 0.820. The molecule has 0 aromatic heterocycles. The standard InChI is InChI=1S/C15H15BrClN/c1-10-2-4-11(5-3-10)8-15(18)13-7-6-12(17)9-14(13)16/h2-7,9,15H,8,18H2,1H3. The third kappa shape index (κ3) is 3.35. The molecule has 18 heavy (non-hydrogen) atoms. The van der Waals surface area contributed by atoms with E-state index in [1.54, 1.807) is 0 Å². The van der Waals surface area contributed by atoms with Gasteiger partial charge in [-0.25, -0.2) is 0 Å². The van der Waals surface area contributed by atoms with Gasteiger partial charge in [-0.15, -0.1) is 0 Å². The molecule has 0 amide bonds. The van der Waals surface area contributed by atoms with Gasteiger partial charge >= 0.3 is 0 Å². The van der Waals surface area contributed by atoms with Crippen LogP contribution in [0.1, 0.15) is 22.7 Å². The van der Waals surface area contributed by atoms with Crippen LogP contribution in [0.25, 0.3) is 0 Å². The monoisotopic (exact) mass is 323 g/mol. The van der Waals surface area contributed by atoms with Crippen molar-refractivity contribution in [3.63, 3.8) is 0 Å². The molecule has 0 saturated heterocycles. The highest BCUT2D eigenvalue weighted by Crippen LogP contribution is 2.27. The summed E-state index contributed by atoms with van der Waals surface area (Å²) in [6, 6.07) is 14.2. The molecule has 1 atom stereocenters. The van der Waals surface area contributed by atoms with Gasteiger partial charge in [0.05, 0.1) is 0 Å². The number of rotatable bonds is 3. The van der Waals surface area contributed by atoms with Crippen molar-refractivity contribution in [3.8, 4) is 0 Å². The van der Waals surface area contributed by atoms with Gasteiger partial charge in [0.15, 0.2) is 0 Å². The quantitative estimate of drug-likeness (QED) is 0.873. The van der Waals surface area contributed by atoms with Crippen LogP contribution in [0.4, 0.5) is 0 Å². The van der Waals surface area contributed by atoms with Crippen LogP contribution in [0.15, 0.2) is 46.9 Å². The van der Waals surface area contributed by atoms with E-state index in [-0.39, 0.29) is 6.04 Å². The lowest BCUT2D eigenvalue weighted by Crippen LogP contribution is -2.13. The van der Waals surface area contributed by atoms with E-state index in [2.05, 4.69) is 47.1 Å². The molecule has 0 bridgehead atoms. The van der Waals surface area contributed by atoms with Gasteiger partial charge in [0.2, 0.25) is 0 Å². The van der Waals surface area contributed by atoms with E-state index in [0.717, 1.165) is 16.5 Å². The lowest BCUT2D eigenvalue weighted by Gasteiger charge is -2.14. The van der Waals surface area contributed by atoms with E-state index < -0.39 is 0 Å². The molecule has 0 aliphatic carbocycles. The molecule has 0 saturated carbocycles. The minimum atomic E-state index is -0.0284. The van der Waals surface area contributed by atoms with Crippen LogP contribution in [-0.4, -0.2) is 0 Å². The van der Waals surface area contributed by atoms with Gasteiger partial charge in [0, 0.05) is 15.5 Å². The molecule has 2 rings (SSSR count). The smallest absolute Gasteiger partial charge is 0.0417 e. The minimum Gasteiger partial charge on any atom is -0.324 e. The van der Waals surface area contributed by atoms with Crippen molar-refractivity contribution in [2.75, 3.05) is 0 Å². The van der Waals surface area contributed by atoms with Crippen LogP contribution in [0.3, 0.4) is 0 Å². The van der Waals surface area contributed by atoms with Crippen molar-refractivity contribution in [1.29, 1.82) is 0 Å². The van der Waals surface area contributed by atoms with Crippen molar-refractivity contribution in [3.05, 3.63) is 68.7 Å². The third-order valence-corrected chi connectivity index (χ3v) is 3.86. The molecule has 0 spiro atoms. The largest absolute Gasteiger partial charge is 0.324 e. The van der Waals surface area contributed by atoms with Crippen molar-refractivity contribution < 1.29 is 0 Å². The average Bonchev–Trinajstić information content (AvgIpc) is 2.32. The fourth-order valence-corrected chi connectivity index (χ4v) is 2.87. The number of hydrogen-bond donors (Lipinski definition) is 1. The van der Waals surface area contributed by atoms with E-state index in [9.17, 15) is 0 Å². The Morgan fingerprint density at radius 2 is 1.83 bits per heavy atom. The van der Waals surface area contributed by atoms with Crippen molar-refractivity contribution in [2.45, 2.75) is 19.4 Å². The fourth-order valence-electron chi connectivity index (χ4n) is 1.89. The van der Waals surface area contributed by atoms with Crippen molar-refractivity contribution in [2.24, 2.45) is 5.73 Å². The van der Waals surface area contributed by atoms with Gasteiger partial charge in [0.25, 0.3) is 0 Å². The maximum Gasteiger partial charge on any atom is 0.0417 e. The number of hydrogen-bond acceptors (Lipinski definition) is 1. The molecule has 0 aliphatic rings. The Morgan fingerprint density at radius 3 is 2.44 bits per heavy atom. The molecule has 0 heterocycles. The lowest BCUT2D eigenvalue weighted by atomic mass is 9.99. The van der Waals surface area contributed by atoms with Gasteiger partial charge < -0.3 is 5.73 Å². The first kappa shape index (κ1) is 13.6. The molecule has 1 unspecified atom stereocenters. The fraction of sp³-hybridized carbons (Fsp3) is 0.200. The van der Waals surface area contributed by atoms with Crippen LogP contribution in [0.2, 0.25) is 5.02 Å². The van der Waals surface area contributed by atoms with Crippen molar-refractivity contribution in [1.82, 2.24) is 0 Å². The maximum atomic E-state index is 6.24. The predicted molar refractivity (Wildman–Crippen MR) is 81.0 cm³/mol. The van der Waals surface area contributed by atoms with Gasteiger partial charge in [-0.2, -0.15) is 0 Å². The van der Waals surface area contributed by atoms with Crippen LogP contribution < -0.4 is 5.73 Å². The summed E-state index contributed by atoms with van der Waals surface area (Å²) < 4.78 is 0.967. The van der Waals surface area contributed by atoms with Crippen LogP contribution in [0.5, 0.6) is 0 Å². The summed E-state index contributed by atoms with van der Waals surface area (Å²) in [6.45, 7) is 2.08. The maximum absolute atomic E-state index is 6.24. The SMILES string of the molecule is Cc1ccc(CC(N)c2ccc(Cl)cc2Br)cc1. The van der Waals surface area contributed by atoms with Crippen LogP contribution >= 0.6 is 27.5 Å². The molecule has 0 aliphatic heterocycles. The number of nitrogens with two attached hydrogens (primary N) is 1. The first-order chi connectivity index (χ1) is 8.56. The Kier molecular flexibility index (Phi) is 4.44. The number of aryl methyl sites for hydroxylation is 1. The van der Waals surface area contributed by atoms with Gasteiger partial charge in [-0.1, -0.05) is 63.4 Å². The molecule has 94 valence electrons. The number of halogens is 2. The zero-order valence-corrected chi connectivity index (χ0v) is 12.5. The first-order valence-corrected chi connectivity index (χ1v) is 6.99. The highest BCUT2D eigenvalue weighted by molar-refractivity contribution is 9.10. The average molecular weight is 325 g/mol. The third-order valence-electron chi connectivity index (χ3n) is 2.94. The minimum absolute atomic E-state index is 0.0284. The summed E-state index contributed by atoms with van der Waals surface area (Å²) in [7, 11) is 0. The molecular formula is C15H15BrClN. The second kappa shape index (κ2) is 5.87. The predicted octanol–water partition coefficient (Wildman–Crippen LogP) is 4.65. The molecule has 0 fully saturated rings. The summed E-state index contributed by atoms with van der Waals surface area (Å²) in [5.74, 6) is 0. The molecule has 1 nitrogen and oxygen atoms in total. The summed E-state index contributed by atoms with van der Waals surface area (Å²) >= 11 is 9.44. The summed E-state index contributed by atoms with van der Waals surface area (Å²) in [5, 5.41) is 0.716. The normalized spacial score (nSPS) is 12.4. The van der Waals surface area contributed by atoms with E-state index >= 15 is 0 Å². The van der Waals surface area contributed by atoms with E-state index in [1.165, 1.54) is 11.1 Å². The Labute approximate surface area is 121 Å². The lowest BCUT2D eigenvalue weighted by molar-refractivity contribution is 0.718. The van der Waals surface area contributed by atoms with Gasteiger partial charge in [-0.3, -0.25) is 0 Å². The van der Waals surface area contributed by atoms with Crippen LogP contribution in [0, 0.1) is 6.92 Å². The zero-order chi connectivity index (χ0) is 13.1. The molecular weight excluding hydrogens is 310 g/mol. The summed E-state index contributed by atoms with van der Waals surface area (Å²) in [4.78, 5) is 0. The Bertz CT molecular complexity index is 537. The second-order valence-corrected chi connectivity index (χ2v) is 5.75. The first-order valence-electron chi connectivity index (χ1n) is 5.82. The topological polar surface area (TPSA) is 26.0 Å². The Morgan fingerprint density at radius 1 is 1.17 bits per heavy atom. The molecule has 2 N–H and O–H groups in total. The Balaban J connectivity index is 2.16. The molecule has 2 aromatic carbocycles. The zero-order valence-electron chi connectivity index (χ0n) is 10.2. The summed E-state index contributed by atoms with van der Waals surface area (Å²) in [5.41, 5.74) is 9.84. The Hall–Kier alpha value is -0.830. The van der Waals surface area contributed by atoms with Crippen LogP contribution in [-0.2, 0) is 6.42 Å². The second-order valence-electron chi connectivity index (χ2n) is 4.46. The highest BCUT2D eigenvalue weighted by atomic mass is 79.9.